The van der Waals surface area contributed by atoms with Gasteiger partial charge in [0.15, 0.2) is 5.78 Å². The third kappa shape index (κ3) is 3.23. The topological polar surface area (TPSA) is 17.1 Å². The molecule has 0 saturated heterocycles. The number of carbonyl (C=O) groups excluding carboxylic acids is 1. The first kappa shape index (κ1) is 13.8. The molecule has 1 saturated carbocycles. The Kier molecular flexibility index (Phi) is 4.60. The Balaban J connectivity index is 2.08. The zero-order valence-corrected chi connectivity index (χ0v) is 12.8. The Morgan fingerprint density at radius 3 is 2.28 bits per heavy atom. The summed E-state index contributed by atoms with van der Waals surface area (Å²) in [6.45, 7) is 4.10. The van der Waals surface area contributed by atoms with Crippen LogP contribution in [0.15, 0.2) is 16.6 Å². The highest BCUT2D eigenvalue weighted by Gasteiger charge is 2.18. The smallest absolute Gasteiger partial charge is 0.163 e. The predicted octanol–water partition coefficient (Wildman–Crippen LogP) is 5.22. The van der Waals surface area contributed by atoms with Crippen molar-refractivity contribution >= 4 is 21.7 Å². The minimum absolute atomic E-state index is 0.320. The van der Waals surface area contributed by atoms with Crippen molar-refractivity contribution in [2.45, 2.75) is 52.4 Å². The molecule has 18 heavy (non-hydrogen) atoms. The molecule has 1 fully saturated rings. The quantitative estimate of drug-likeness (QED) is 0.700. The molecule has 2 heteroatoms. The van der Waals surface area contributed by atoms with Gasteiger partial charge in [-0.15, -0.1) is 0 Å². The van der Waals surface area contributed by atoms with Gasteiger partial charge in [-0.2, -0.15) is 0 Å². The third-order valence-electron chi connectivity index (χ3n) is 3.96. The van der Waals surface area contributed by atoms with Crippen LogP contribution < -0.4 is 0 Å². The van der Waals surface area contributed by atoms with E-state index in [9.17, 15) is 4.79 Å². The summed E-state index contributed by atoms with van der Waals surface area (Å²) in [7, 11) is 0. The summed E-state index contributed by atoms with van der Waals surface area (Å²) in [6, 6.07) is 4.03. The summed E-state index contributed by atoms with van der Waals surface area (Å²) < 4.78 is 1.12. The number of ketones is 1. The van der Waals surface area contributed by atoms with E-state index in [1.165, 1.54) is 32.1 Å². The number of halogens is 1. The van der Waals surface area contributed by atoms with Gasteiger partial charge >= 0.3 is 0 Å². The van der Waals surface area contributed by atoms with E-state index in [4.69, 9.17) is 0 Å². The Labute approximate surface area is 118 Å². The molecule has 1 aromatic rings. The highest BCUT2D eigenvalue weighted by atomic mass is 79.9. The zero-order chi connectivity index (χ0) is 13.1. The first-order valence-electron chi connectivity index (χ1n) is 6.88. The van der Waals surface area contributed by atoms with Crippen molar-refractivity contribution in [1.29, 1.82) is 0 Å². The van der Waals surface area contributed by atoms with Crippen molar-refractivity contribution in [1.82, 2.24) is 0 Å². The summed E-state index contributed by atoms with van der Waals surface area (Å²) in [4.78, 5) is 12.3. The fourth-order valence-corrected chi connectivity index (χ4v) is 3.11. The van der Waals surface area contributed by atoms with Gasteiger partial charge in [0.2, 0.25) is 0 Å². The lowest BCUT2D eigenvalue weighted by molar-refractivity contribution is 0.0950. The molecule has 0 radical (unpaired) electrons. The summed E-state index contributed by atoms with van der Waals surface area (Å²) in [5.41, 5.74) is 3.20. The van der Waals surface area contributed by atoms with Gasteiger partial charge in [-0.25, -0.2) is 0 Å². The second kappa shape index (κ2) is 6.01. The average molecular weight is 309 g/mol. The van der Waals surface area contributed by atoms with E-state index in [2.05, 4.69) is 29.8 Å². The molecule has 0 amide bonds. The second-order valence-corrected chi connectivity index (χ2v) is 6.35. The Morgan fingerprint density at radius 1 is 1.17 bits per heavy atom. The number of aryl methyl sites for hydroxylation is 2. The van der Waals surface area contributed by atoms with Crippen molar-refractivity contribution in [2.75, 3.05) is 0 Å². The maximum absolute atomic E-state index is 12.3. The highest BCUT2D eigenvalue weighted by molar-refractivity contribution is 9.10. The van der Waals surface area contributed by atoms with Crippen LogP contribution in [0.25, 0.3) is 0 Å². The number of Topliss-reactive ketones (excluding diaryl/α,β-unsaturated/α-hetero) is 1. The van der Waals surface area contributed by atoms with Crippen LogP contribution in [-0.2, 0) is 0 Å². The molecule has 0 unspecified atom stereocenters. The summed E-state index contributed by atoms with van der Waals surface area (Å²) in [5, 5.41) is 0. The second-order valence-electron chi connectivity index (χ2n) is 5.56. The van der Waals surface area contributed by atoms with Crippen molar-refractivity contribution in [3.8, 4) is 0 Å². The molecule has 98 valence electrons. The van der Waals surface area contributed by atoms with Crippen molar-refractivity contribution in [3.05, 3.63) is 33.3 Å². The number of carbonyl (C=O) groups is 1. The molecule has 0 aliphatic heterocycles. The van der Waals surface area contributed by atoms with Gasteiger partial charge in [0.05, 0.1) is 0 Å². The molecular weight excluding hydrogens is 288 g/mol. The minimum atomic E-state index is 0.320. The van der Waals surface area contributed by atoms with Gasteiger partial charge < -0.3 is 0 Å². The summed E-state index contributed by atoms with van der Waals surface area (Å²) in [5.74, 6) is 0.941. The number of rotatable bonds is 3. The van der Waals surface area contributed by atoms with Crippen molar-refractivity contribution in [3.63, 3.8) is 0 Å². The highest BCUT2D eigenvalue weighted by Crippen LogP contribution is 2.29. The fourth-order valence-electron chi connectivity index (χ4n) is 2.88. The predicted molar refractivity (Wildman–Crippen MR) is 79.1 cm³/mol. The van der Waals surface area contributed by atoms with Gasteiger partial charge in [0.25, 0.3) is 0 Å². The molecule has 0 bridgehead atoms. The van der Waals surface area contributed by atoms with E-state index in [0.29, 0.717) is 11.7 Å². The monoisotopic (exact) mass is 308 g/mol. The maximum Gasteiger partial charge on any atom is 0.163 e. The van der Waals surface area contributed by atoms with Crippen LogP contribution >= 0.6 is 15.9 Å². The Bertz CT molecular complexity index is 421. The number of benzene rings is 1. The van der Waals surface area contributed by atoms with Gasteiger partial charge in [-0.05, 0) is 43.0 Å². The van der Waals surface area contributed by atoms with E-state index in [0.717, 1.165) is 27.6 Å². The molecule has 0 heterocycles. The maximum atomic E-state index is 12.3. The molecule has 0 atom stereocenters. The Morgan fingerprint density at radius 2 is 1.72 bits per heavy atom. The molecule has 1 aromatic carbocycles. The van der Waals surface area contributed by atoms with Crippen LogP contribution in [-0.4, -0.2) is 5.78 Å². The first-order valence-corrected chi connectivity index (χ1v) is 7.67. The molecule has 1 aliphatic rings. The van der Waals surface area contributed by atoms with Crippen LogP contribution in [0.4, 0.5) is 0 Å². The largest absolute Gasteiger partial charge is 0.294 e. The molecule has 1 aliphatic carbocycles. The standard InChI is InChI=1S/C16H21BrO/c1-11-8-14(9-12(2)16(11)17)15(18)10-13-6-4-3-5-7-13/h8-9,13H,3-7,10H2,1-2H3. The van der Waals surface area contributed by atoms with Crippen LogP contribution in [0.1, 0.15) is 60.0 Å². The lowest BCUT2D eigenvalue weighted by atomic mass is 9.84. The van der Waals surface area contributed by atoms with Gasteiger partial charge in [-0.3, -0.25) is 4.79 Å². The molecule has 0 spiro atoms. The molecule has 0 aromatic heterocycles. The molecule has 1 nitrogen and oxygen atoms in total. The van der Waals surface area contributed by atoms with Crippen molar-refractivity contribution in [2.24, 2.45) is 5.92 Å². The van der Waals surface area contributed by atoms with E-state index < -0.39 is 0 Å². The van der Waals surface area contributed by atoms with E-state index in [1.54, 1.807) is 0 Å². The number of hydrogen-bond acceptors (Lipinski definition) is 1. The zero-order valence-electron chi connectivity index (χ0n) is 11.3. The molecule has 0 N–H and O–H groups in total. The molecule has 2 rings (SSSR count). The Hall–Kier alpha value is -0.630. The van der Waals surface area contributed by atoms with Crippen LogP contribution in [0.5, 0.6) is 0 Å². The average Bonchev–Trinajstić information content (AvgIpc) is 2.36. The van der Waals surface area contributed by atoms with Crippen LogP contribution in [0, 0.1) is 19.8 Å². The van der Waals surface area contributed by atoms with Gasteiger partial charge in [0.1, 0.15) is 0 Å². The fraction of sp³-hybridized carbons (Fsp3) is 0.562. The lowest BCUT2D eigenvalue weighted by Gasteiger charge is -2.20. The van der Waals surface area contributed by atoms with Crippen LogP contribution in [0.3, 0.4) is 0 Å². The van der Waals surface area contributed by atoms with Crippen molar-refractivity contribution < 1.29 is 4.79 Å². The normalized spacial score (nSPS) is 16.8. The van der Waals surface area contributed by atoms with Gasteiger partial charge in [0, 0.05) is 16.5 Å². The van der Waals surface area contributed by atoms with E-state index in [-0.39, 0.29) is 0 Å². The summed E-state index contributed by atoms with van der Waals surface area (Å²) >= 11 is 3.55. The third-order valence-corrected chi connectivity index (χ3v) is 5.21. The summed E-state index contributed by atoms with van der Waals surface area (Å²) in [6.07, 6.45) is 7.16. The van der Waals surface area contributed by atoms with E-state index in [1.807, 2.05) is 12.1 Å². The van der Waals surface area contributed by atoms with Gasteiger partial charge in [-0.1, -0.05) is 48.0 Å². The van der Waals surface area contributed by atoms with Crippen LogP contribution in [0.2, 0.25) is 0 Å². The molecular formula is C16H21BrO. The first-order chi connectivity index (χ1) is 8.58. The minimum Gasteiger partial charge on any atom is -0.294 e. The number of hydrogen-bond donors (Lipinski definition) is 0. The lowest BCUT2D eigenvalue weighted by Crippen LogP contribution is -2.12. The van der Waals surface area contributed by atoms with E-state index >= 15 is 0 Å². The SMILES string of the molecule is Cc1cc(C(=O)CC2CCCCC2)cc(C)c1Br.